The van der Waals surface area contributed by atoms with E-state index in [4.69, 9.17) is 16.3 Å². The molecule has 0 aliphatic carbocycles. The molecule has 2 amide bonds. The molecule has 0 spiro atoms. The van der Waals surface area contributed by atoms with Gasteiger partial charge < -0.3 is 10.1 Å². The van der Waals surface area contributed by atoms with Gasteiger partial charge in [-0.2, -0.15) is 5.10 Å². The molecule has 0 heterocycles. The second-order valence-corrected chi connectivity index (χ2v) is 5.81. The molecule has 136 valence electrons. The highest BCUT2D eigenvalue weighted by atomic mass is 35.5. The SMILES string of the molecule is CCCCOc1ccc(NC(=O)C(=O)N/N=C\c2ccccc2Cl)cc1. The summed E-state index contributed by atoms with van der Waals surface area (Å²) < 4.78 is 5.54. The van der Waals surface area contributed by atoms with E-state index in [0.29, 0.717) is 28.6 Å². The zero-order valence-electron chi connectivity index (χ0n) is 14.4. The average molecular weight is 374 g/mol. The first-order valence-corrected chi connectivity index (χ1v) is 8.59. The fourth-order valence-electron chi connectivity index (χ4n) is 1.95. The fourth-order valence-corrected chi connectivity index (χ4v) is 2.13. The van der Waals surface area contributed by atoms with Crippen molar-refractivity contribution in [2.45, 2.75) is 19.8 Å². The van der Waals surface area contributed by atoms with Gasteiger partial charge in [-0.1, -0.05) is 43.1 Å². The summed E-state index contributed by atoms with van der Waals surface area (Å²) in [6.07, 6.45) is 3.41. The van der Waals surface area contributed by atoms with Crippen molar-refractivity contribution < 1.29 is 14.3 Å². The highest BCUT2D eigenvalue weighted by Gasteiger charge is 2.12. The van der Waals surface area contributed by atoms with E-state index < -0.39 is 11.8 Å². The third-order valence-electron chi connectivity index (χ3n) is 3.36. The van der Waals surface area contributed by atoms with Crippen LogP contribution < -0.4 is 15.5 Å². The first-order chi connectivity index (χ1) is 12.6. The van der Waals surface area contributed by atoms with Crippen LogP contribution in [0.4, 0.5) is 5.69 Å². The molecule has 6 nitrogen and oxygen atoms in total. The Balaban J connectivity index is 1.83. The van der Waals surface area contributed by atoms with Crippen LogP contribution in [-0.4, -0.2) is 24.6 Å². The minimum Gasteiger partial charge on any atom is -0.494 e. The van der Waals surface area contributed by atoms with Gasteiger partial charge in [-0.15, -0.1) is 0 Å². The Morgan fingerprint density at radius 1 is 1.12 bits per heavy atom. The first kappa shape index (κ1) is 19.5. The third kappa shape index (κ3) is 6.22. The molecule has 0 aliphatic heterocycles. The number of unbranched alkanes of at least 4 members (excludes halogenated alkanes) is 1. The van der Waals surface area contributed by atoms with Crippen LogP contribution in [0.1, 0.15) is 25.3 Å². The number of hydrogen-bond donors (Lipinski definition) is 2. The molecule has 0 fully saturated rings. The maximum atomic E-state index is 11.9. The van der Waals surface area contributed by atoms with E-state index in [1.165, 1.54) is 6.21 Å². The Hall–Kier alpha value is -2.86. The lowest BCUT2D eigenvalue weighted by Crippen LogP contribution is -2.32. The Labute approximate surface area is 157 Å². The van der Waals surface area contributed by atoms with Gasteiger partial charge in [0.25, 0.3) is 0 Å². The summed E-state index contributed by atoms with van der Waals surface area (Å²) in [5.74, 6) is -0.984. The molecule has 26 heavy (non-hydrogen) atoms. The topological polar surface area (TPSA) is 79.8 Å². The van der Waals surface area contributed by atoms with E-state index in [1.54, 1.807) is 48.5 Å². The van der Waals surface area contributed by atoms with Crippen molar-refractivity contribution in [3.8, 4) is 5.75 Å². The second-order valence-electron chi connectivity index (χ2n) is 5.40. The van der Waals surface area contributed by atoms with Gasteiger partial charge in [0.1, 0.15) is 5.75 Å². The van der Waals surface area contributed by atoms with E-state index in [2.05, 4.69) is 22.8 Å². The zero-order valence-corrected chi connectivity index (χ0v) is 15.1. The van der Waals surface area contributed by atoms with Crippen LogP contribution in [0.15, 0.2) is 53.6 Å². The number of hydrazone groups is 1. The van der Waals surface area contributed by atoms with Crippen molar-refractivity contribution in [3.63, 3.8) is 0 Å². The van der Waals surface area contributed by atoms with Crippen LogP contribution in [0.5, 0.6) is 5.75 Å². The third-order valence-corrected chi connectivity index (χ3v) is 3.70. The van der Waals surface area contributed by atoms with Gasteiger partial charge in [-0.05, 0) is 36.8 Å². The highest BCUT2D eigenvalue weighted by molar-refractivity contribution is 6.39. The van der Waals surface area contributed by atoms with Crippen LogP contribution in [0.2, 0.25) is 5.02 Å². The average Bonchev–Trinajstić information content (AvgIpc) is 2.65. The van der Waals surface area contributed by atoms with Crippen LogP contribution in [-0.2, 0) is 9.59 Å². The molecular weight excluding hydrogens is 354 g/mol. The predicted octanol–water partition coefficient (Wildman–Crippen LogP) is 3.61. The van der Waals surface area contributed by atoms with Crippen LogP contribution >= 0.6 is 11.6 Å². The van der Waals surface area contributed by atoms with E-state index in [-0.39, 0.29) is 0 Å². The quantitative estimate of drug-likeness (QED) is 0.337. The first-order valence-electron chi connectivity index (χ1n) is 8.22. The number of nitrogens with zero attached hydrogens (tertiary/aromatic N) is 1. The van der Waals surface area contributed by atoms with E-state index in [0.717, 1.165) is 12.8 Å². The monoisotopic (exact) mass is 373 g/mol. The van der Waals surface area contributed by atoms with E-state index in [1.807, 2.05) is 0 Å². The number of ether oxygens (including phenoxy) is 1. The molecule has 0 unspecified atom stereocenters. The minimum absolute atomic E-state index is 0.489. The molecule has 2 N–H and O–H groups in total. The van der Waals surface area contributed by atoms with Crippen LogP contribution in [0.3, 0.4) is 0 Å². The molecule has 0 saturated heterocycles. The van der Waals surface area contributed by atoms with Gasteiger partial charge in [0.15, 0.2) is 0 Å². The molecule has 0 aliphatic rings. The van der Waals surface area contributed by atoms with Gasteiger partial charge in [-0.3, -0.25) is 9.59 Å². The lowest BCUT2D eigenvalue weighted by Gasteiger charge is -2.07. The summed E-state index contributed by atoms with van der Waals surface area (Å²) in [6.45, 7) is 2.74. The lowest BCUT2D eigenvalue weighted by atomic mass is 10.2. The summed E-state index contributed by atoms with van der Waals surface area (Å²) in [7, 11) is 0. The number of carbonyl (C=O) groups excluding carboxylic acids is 2. The van der Waals surface area contributed by atoms with E-state index >= 15 is 0 Å². The van der Waals surface area contributed by atoms with Gasteiger partial charge in [0, 0.05) is 16.3 Å². The fraction of sp³-hybridized carbons (Fsp3) is 0.211. The molecule has 0 bridgehead atoms. The zero-order chi connectivity index (χ0) is 18.8. The molecule has 2 aromatic rings. The van der Waals surface area contributed by atoms with Crippen molar-refractivity contribution in [2.75, 3.05) is 11.9 Å². The highest BCUT2D eigenvalue weighted by Crippen LogP contribution is 2.16. The molecular formula is C19H20ClN3O3. The van der Waals surface area contributed by atoms with Crippen molar-refractivity contribution in [1.29, 1.82) is 0 Å². The van der Waals surface area contributed by atoms with Crippen molar-refractivity contribution in [1.82, 2.24) is 5.43 Å². The van der Waals surface area contributed by atoms with Crippen LogP contribution in [0, 0.1) is 0 Å². The van der Waals surface area contributed by atoms with Gasteiger partial charge in [0.05, 0.1) is 12.8 Å². The number of nitrogens with one attached hydrogen (secondary N) is 2. The number of amides is 2. The molecule has 0 aromatic heterocycles. The van der Waals surface area contributed by atoms with E-state index in [9.17, 15) is 9.59 Å². The summed E-state index contributed by atoms with van der Waals surface area (Å²) in [5.41, 5.74) is 3.28. The number of rotatable bonds is 7. The Kier molecular flexibility index (Phi) is 7.64. The van der Waals surface area contributed by atoms with Crippen LogP contribution in [0.25, 0.3) is 0 Å². The van der Waals surface area contributed by atoms with Crippen molar-refractivity contribution >= 4 is 35.3 Å². The molecule has 0 radical (unpaired) electrons. The Morgan fingerprint density at radius 2 is 1.85 bits per heavy atom. The Morgan fingerprint density at radius 3 is 2.54 bits per heavy atom. The summed E-state index contributed by atoms with van der Waals surface area (Å²) in [4.78, 5) is 23.6. The number of anilines is 1. The molecule has 2 rings (SSSR count). The molecule has 2 aromatic carbocycles. The number of carbonyl (C=O) groups is 2. The normalized spacial score (nSPS) is 10.5. The predicted molar refractivity (Wildman–Crippen MR) is 103 cm³/mol. The van der Waals surface area contributed by atoms with Gasteiger partial charge in [-0.25, -0.2) is 5.43 Å². The maximum absolute atomic E-state index is 11.9. The Bertz CT molecular complexity index is 776. The standard InChI is InChI=1S/C19H20ClN3O3/c1-2-3-12-26-16-10-8-15(9-11-16)22-18(24)19(25)23-21-13-14-6-4-5-7-17(14)20/h4-11,13H,2-3,12H2,1H3,(H,22,24)(H,23,25)/b21-13-. The molecule has 0 saturated carbocycles. The number of hydrogen-bond acceptors (Lipinski definition) is 4. The summed E-state index contributed by atoms with van der Waals surface area (Å²) in [6, 6.07) is 13.8. The van der Waals surface area contributed by atoms with Crippen molar-refractivity contribution in [3.05, 3.63) is 59.1 Å². The van der Waals surface area contributed by atoms with Gasteiger partial charge >= 0.3 is 11.8 Å². The summed E-state index contributed by atoms with van der Waals surface area (Å²) >= 11 is 5.97. The maximum Gasteiger partial charge on any atom is 0.329 e. The molecule has 0 atom stereocenters. The minimum atomic E-state index is -0.878. The van der Waals surface area contributed by atoms with Crippen molar-refractivity contribution in [2.24, 2.45) is 5.10 Å². The van der Waals surface area contributed by atoms with Gasteiger partial charge in [0.2, 0.25) is 0 Å². The number of halogens is 1. The molecule has 7 heteroatoms. The number of benzene rings is 2. The lowest BCUT2D eigenvalue weighted by molar-refractivity contribution is -0.136. The second kappa shape index (κ2) is 10.2. The smallest absolute Gasteiger partial charge is 0.329 e. The summed E-state index contributed by atoms with van der Waals surface area (Å²) in [5, 5.41) is 6.72. The largest absolute Gasteiger partial charge is 0.494 e.